The van der Waals surface area contributed by atoms with Crippen LogP contribution in [-0.4, -0.2) is 53.2 Å². The predicted molar refractivity (Wildman–Crippen MR) is 112 cm³/mol. The van der Waals surface area contributed by atoms with E-state index in [4.69, 9.17) is 4.42 Å². The first kappa shape index (κ1) is 20.3. The fourth-order valence-corrected chi connectivity index (χ4v) is 4.05. The van der Waals surface area contributed by atoms with Crippen molar-refractivity contribution in [2.75, 3.05) is 31.5 Å². The molecule has 1 atom stereocenters. The number of carbonyl (C=O) groups excluding carboxylic acids is 2. The second-order valence-electron chi connectivity index (χ2n) is 7.00. The smallest absolute Gasteiger partial charge is 0.321 e. The molecule has 1 aromatic carbocycles. The number of anilines is 1. The number of amides is 3. The van der Waals surface area contributed by atoms with Crippen LogP contribution in [0.4, 0.5) is 10.5 Å². The van der Waals surface area contributed by atoms with Crippen molar-refractivity contribution in [2.24, 2.45) is 0 Å². The number of hydrogen-bond acceptors (Lipinski definition) is 4. The summed E-state index contributed by atoms with van der Waals surface area (Å²) >= 11 is 1.85. The average molecular weight is 402 g/mol. The van der Waals surface area contributed by atoms with Crippen molar-refractivity contribution in [1.82, 2.24) is 9.80 Å². The molecule has 0 aliphatic carbocycles. The zero-order chi connectivity index (χ0) is 20.1. The van der Waals surface area contributed by atoms with Gasteiger partial charge in [-0.25, -0.2) is 4.79 Å². The Labute approximate surface area is 170 Å². The van der Waals surface area contributed by atoms with Crippen LogP contribution in [0.25, 0.3) is 0 Å². The van der Waals surface area contributed by atoms with Crippen LogP contribution in [0.3, 0.4) is 0 Å². The minimum absolute atomic E-state index is 0.129. The van der Waals surface area contributed by atoms with Crippen molar-refractivity contribution in [3.8, 4) is 0 Å². The number of nitrogens with zero attached hydrogens (tertiary/aromatic N) is 2. The van der Waals surface area contributed by atoms with Gasteiger partial charge in [-0.1, -0.05) is 13.8 Å². The quantitative estimate of drug-likeness (QED) is 0.751. The molecule has 1 unspecified atom stereocenters. The Morgan fingerprint density at radius 2 is 1.89 bits per heavy atom. The van der Waals surface area contributed by atoms with Crippen LogP contribution < -0.4 is 5.32 Å². The molecule has 2 heterocycles. The zero-order valence-electron chi connectivity index (χ0n) is 16.6. The van der Waals surface area contributed by atoms with Gasteiger partial charge in [-0.05, 0) is 49.2 Å². The third kappa shape index (κ3) is 4.90. The van der Waals surface area contributed by atoms with Crippen molar-refractivity contribution < 1.29 is 14.0 Å². The second-order valence-corrected chi connectivity index (χ2v) is 8.51. The first-order valence-electron chi connectivity index (χ1n) is 9.64. The van der Waals surface area contributed by atoms with Gasteiger partial charge in [0.1, 0.15) is 0 Å². The Kier molecular flexibility index (Phi) is 6.67. The molecule has 0 radical (unpaired) electrons. The van der Waals surface area contributed by atoms with Gasteiger partial charge in [-0.2, -0.15) is 0 Å². The molecule has 1 saturated heterocycles. The fourth-order valence-electron chi connectivity index (χ4n) is 3.03. The number of carbonyl (C=O) groups is 2. The van der Waals surface area contributed by atoms with E-state index in [0.29, 0.717) is 37.2 Å². The third-order valence-corrected chi connectivity index (χ3v) is 6.20. The van der Waals surface area contributed by atoms with E-state index in [0.717, 1.165) is 17.7 Å². The highest BCUT2D eigenvalue weighted by Crippen LogP contribution is 2.28. The van der Waals surface area contributed by atoms with Crippen molar-refractivity contribution in [3.63, 3.8) is 0 Å². The first-order chi connectivity index (χ1) is 13.5. The van der Waals surface area contributed by atoms with Crippen molar-refractivity contribution >= 4 is 29.4 Å². The lowest BCUT2D eigenvalue weighted by Crippen LogP contribution is -2.51. The SMILES string of the molecule is CCC(C)Sc1ccc(NC(=O)N2CCN(C(=O)c3ccco3)CC2)c(C)c1. The molecule has 1 N–H and O–H groups in total. The average Bonchev–Trinajstić information content (AvgIpc) is 3.24. The van der Waals surface area contributed by atoms with Crippen molar-refractivity contribution in [1.29, 1.82) is 0 Å². The van der Waals surface area contributed by atoms with Gasteiger partial charge in [-0.3, -0.25) is 4.79 Å². The number of rotatable bonds is 5. The first-order valence-corrected chi connectivity index (χ1v) is 10.5. The van der Waals surface area contributed by atoms with E-state index in [1.807, 2.05) is 24.8 Å². The van der Waals surface area contributed by atoms with Gasteiger partial charge in [0.2, 0.25) is 0 Å². The zero-order valence-corrected chi connectivity index (χ0v) is 17.4. The molecule has 2 aromatic rings. The van der Waals surface area contributed by atoms with Crippen LogP contribution in [0.2, 0.25) is 0 Å². The third-order valence-electron chi connectivity index (χ3n) is 4.94. The van der Waals surface area contributed by atoms with E-state index >= 15 is 0 Å². The summed E-state index contributed by atoms with van der Waals surface area (Å²) in [5, 5.41) is 3.57. The monoisotopic (exact) mass is 401 g/mol. The summed E-state index contributed by atoms with van der Waals surface area (Å²) in [5.74, 6) is 0.208. The van der Waals surface area contributed by atoms with E-state index < -0.39 is 0 Å². The van der Waals surface area contributed by atoms with E-state index in [9.17, 15) is 9.59 Å². The van der Waals surface area contributed by atoms with Gasteiger partial charge in [0.15, 0.2) is 5.76 Å². The molecule has 6 nitrogen and oxygen atoms in total. The molecule has 3 rings (SSSR count). The number of piperazine rings is 1. The summed E-state index contributed by atoms with van der Waals surface area (Å²) in [5.41, 5.74) is 1.88. The van der Waals surface area contributed by atoms with Crippen LogP contribution in [0.5, 0.6) is 0 Å². The van der Waals surface area contributed by atoms with Gasteiger partial charge >= 0.3 is 6.03 Å². The summed E-state index contributed by atoms with van der Waals surface area (Å²) in [7, 11) is 0. The Hall–Kier alpha value is -2.41. The molecule has 7 heteroatoms. The van der Waals surface area contributed by atoms with Crippen LogP contribution in [0.15, 0.2) is 45.9 Å². The fraction of sp³-hybridized carbons (Fsp3) is 0.429. The molecular weight excluding hydrogens is 374 g/mol. The van der Waals surface area contributed by atoms with Crippen molar-refractivity contribution in [3.05, 3.63) is 47.9 Å². The number of nitrogens with one attached hydrogen (secondary N) is 1. The van der Waals surface area contributed by atoms with Gasteiger partial charge < -0.3 is 19.5 Å². The molecule has 1 aliphatic rings. The summed E-state index contributed by atoms with van der Waals surface area (Å²) in [6.07, 6.45) is 2.61. The Morgan fingerprint density at radius 3 is 2.50 bits per heavy atom. The maximum absolute atomic E-state index is 12.6. The molecule has 1 fully saturated rings. The summed E-state index contributed by atoms with van der Waals surface area (Å²) in [6, 6.07) is 9.37. The normalized spacial score (nSPS) is 15.4. The summed E-state index contributed by atoms with van der Waals surface area (Å²) < 4.78 is 5.17. The number of aryl methyl sites for hydroxylation is 1. The predicted octanol–water partition coefficient (Wildman–Crippen LogP) is 4.47. The molecule has 0 spiro atoms. The van der Waals surface area contributed by atoms with E-state index in [1.165, 1.54) is 11.2 Å². The number of furan rings is 1. The maximum Gasteiger partial charge on any atom is 0.321 e. The van der Waals surface area contributed by atoms with E-state index in [1.54, 1.807) is 21.9 Å². The van der Waals surface area contributed by atoms with Gasteiger partial charge in [0.25, 0.3) is 5.91 Å². The second kappa shape index (κ2) is 9.19. The van der Waals surface area contributed by atoms with Gasteiger partial charge in [-0.15, -0.1) is 11.8 Å². The number of benzene rings is 1. The molecule has 150 valence electrons. The Balaban J connectivity index is 1.54. The van der Waals surface area contributed by atoms with E-state index in [2.05, 4.69) is 31.3 Å². The number of thioether (sulfide) groups is 1. The largest absolute Gasteiger partial charge is 0.459 e. The lowest BCUT2D eigenvalue weighted by atomic mass is 10.2. The van der Waals surface area contributed by atoms with E-state index in [-0.39, 0.29) is 11.9 Å². The van der Waals surface area contributed by atoms with Crippen LogP contribution >= 0.6 is 11.8 Å². The van der Waals surface area contributed by atoms with Crippen LogP contribution in [-0.2, 0) is 0 Å². The van der Waals surface area contributed by atoms with Gasteiger partial charge in [0, 0.05) is 42.0 Å². The molecule has 28 heavy (non-hydrogen) atoms. The lowest BCUT2D eigenvalue weighted by Gasteiger charge is -2.34. The minimum atomic E-state index is -0.129. The molecule has 3 amide bonds. The highest BCUT2D eigenvalue weighted by atomic mass is 32.2. The number of urea groups is 1. The molecule has 0 bridgehead atoms. The summed E-state index contributed by atoms with van der Waals surface area (Å²) in [4.78, 5) is 29.6. The molecule has 1 aliphatic heterocycles. The summed E-state index contributed by atoms with van der Waals surface area (Å²) in [6.45, 7) is 8.40. The minimum Gasteiger partial charge on any atom is -0.459 e. The lowest BCUT2D eigenvalue weighted by molar-refractivity contribution is 0.0640. The highest BCUT2D eigenvalue weighted by Gasteiger charge is 2.26. The van der Waals surface area contributed by atoms with Crippen LogP contribution in [0, 0.1) is 6.92 Å². The molecule has 1 aromatic heterocycles. The van der Waals surface area contributed by atoms with Crippen molar-refractivity contribution in [2.45, 2.75) is 37.3 Å². The molecule has 0 saturated carbocycles. The standard InChI is InChI=1S/C21H27N3O3S/c1-4-16(3)28-17-7-8-18(15(2)14-17)22-21(26)24-11-9-23(10-12-24)20(25)19-6-5-13-27-19/h5-8,13-14,16H,4,9-12H2,1-3H3,(H,22,26). The Morgan fingerprint density at radius 1 is 1.18 bits per heavy atom. The maximum atomic E-state index is 12.6. The molecular formula is C21H27N3O3S. The van der Waals surface area contributed by atoms with Gasteiger partial charge in [0.05, 0.1) is 6.26 Å². The highest BCUT2D eigenvalue weighted by molar-refractivity contribution is 7.99. The Bertz CT molecular complexity index is 814. The number of hydrogen-bond donors (Lipinski definition) is 1. The topological polar surface area (TPSA) is 65.8 Å². The van der Waals surface area contributed by atoms with Crippen LogP contribution in [0.1, 0.15) is 36.4 Å².